The molecule has 6 nitrogen and oxygen atoms in total. The molecule has 134 valence electrons. The van der Waals surface area contributed by atoms with Gasteiger partial charge in [0, 0.05) is 31.0 Å². The van der Waals surface area contributed by atoms with Crippen LogP contribution in [0.1, 0.15) is 17.4 Å². The zero-order chi connectivity index (χ0) is 17.8. The maximum Gasteiger partial charge on any atom is 0.126 e. The van der Waals surface area contributed by atoms with E-state index in [0.717, 1.165) is 42.5 Å². The highest BCUT2D eigenvalue weighted by Gasteiger charge is 2.27. The van der Waals surface area contributed by atoms with Gasteiger partial charge in [-0.3, -0.25) is 9.88 Å². The number of hydrogen-bond acceptors (Lipinski definition) is 5. The molecule has 0 aliphatic carbocycles. The van der Waals surface area contributed by atoms with Crippen molar-refractivity contribution in [2.45, 2.75) is 12.6 Å². The third kappa shape index (κ3) is 3.61. The molecule has 0 amide bonds. The Morgan fingerprint density at radius 1 is 1.23 bits per heavy atom. The van der Waals surface area contributed by atoms with Gasteiger partial charge in [-0.05, 0) is 29.8 Å². The first-order valence-electron chi connectivity index (χ1n) is 8.73. The summed E-state index contributed by atoms with van der Waals surface area (Å²) in [7, 11) is 1.68. The topological polar surface area (TPSA) is 63.3 Å². The van der Waals surface area contributed by atoms with E-state index in [1.807, 2.05) is 36.7 Å². The van der Waals surface area contributed by atoms with E-state index in [1.165, 1.54) is 5.56 Å². The minimum Gasteiger partial charge on any atom is -0.497 e. The number of benzene rings is 1. The number of imidazole rings is 1. The van der Waals surface area contributed by atoms with Crippen molar-refractivity contribution < 1.29 is 9.47 Å². The predicted octanol–water partition coefficient (Wildman–Crippen LogP) is 3.05. The van der Waals surface area contributed by atoms with Crippen LogP contribution in [-0.4, -0.2) is 46.7 Å². The van der Waals surface area contributed by atoms with Crippen LogP contribution in [0.4, 0.5) is 0 Å². The molecule has 1 aromatic carbocycles. The molecule has 0 bridgehead atoms. The molecule has 1 saturated heterocycles. The maximum atomic E-state index is 5.72. The Balaban J connectivity index is 1.53. The third-order valence-electron chi connectivity index (χ3n) is 4.67. The van der Waals surface area contributed by atoms with E-state index in [-0.39, 0.29) is 6.04 Å². The van der Waals surface area contributed by atoms with E-state index in [4.69, 9.17) is 9.47 Å². The van der Waals surface area contributed by atoms with Crippen molar-refractivity contribution in [2.24, 2.45) is 0 Å². The molecule has 26 heavy (non-hydrogen) atoms. The number of ether oxygens (including phenoxy) is 2. The van der Waals surface area contributed by atoms with E-state index in [0.29, 0.717) is 6.61 Å². The van der Waals surface area contributed by atoms with Gasteiger partial charge in [-0.25, -0.2) is 4.98 Å². The Bertz CT molecular complexity index is 833. The van der Waals surface area contributed by atoms with Gasteiger partial charge in [0.05, 0.1) is 38.3 Å². The number of hydrogen-bond donors (Lipinski definition) is 1. The molecule has 0 radical (unpaired) electrons. The second-order valence-corrected chi connectivity index (χ2v) is 6.33. The first kappa shape index (κ1) is 16.8. The Kier molecular flexibility index (Phi) is 4.95. The van der Waals surface area contributed by atoms with E-state index >= 15 is 0 Å². The van der Waals surface area contributed by atoms with Crippen molar-refractivity contribution >= 4 is 0 Å². The first-order chi connectivity index (χ1) is 12.8. The highest BCUT2D eigenvalue weighted by atomic mass is 16.5. The number of morpholine rings is 1. The van der Waals surface area contributed by atoms with Crippen LogP contribution in [0, 0.1) is 0 Å². The van der Waals surface area contributed by atoms with Crippen molar-refractivity contribution in [3.05, 3.63) is 66.4 Å². The quantitative estimate of drug-likeness (QED) is 0.766. The Morgan fingerprint density at radius 3 is 2.88 bits per heavy atom. The highest BCUT2D eigenvalue weighted by Crippen LogP contribution is 2.26. The number of rotatable bonds is 5. The van der Waals surface area contributed by atoms with Crippen LogP contribution in [0.3, 0.4) is 0 Å². The predicted molar refractivity (Wildman–Crippen MR) is 98.8 cm³/mol. The standard InChI is InChI=1S/C20H22N4O2/c1-25-17-6-4-15(5-7-17)13-24-9-10-26-14-19(24)20-22-12-18(23-20)16-3-2-8-21-11-16/h2-8,11-12,19H,9-10,13-14H2,1H3,(H,22,23). The Hall–Kier alpha value is -2.70. The Morgan fingerprint density at radius 2 is 2.12 bits per heavy atom. The van der Waals surface area contributed by atoms with Crippen LogP contribution in [0.15, 0.2) is 55.0 Å². The number of methoxy groups -OCH3 is 1. The number of H-pyrrole nitrogens is 1. The van der Waals surface area contributed by atoms with Crippen LogP contribution in [-0.2, 0) is 11.3 Å². The molecule has 1 unspecified atom stereocenters. The first-order valence-corrected chi connectivity index (χ1v) is 8.73. The molecule has 3 aromatic rings. The van der Waals surface area contributed by atoms with Gasteiger partial charge >= 0.3 is 0 Å². The van der Waals surface area contributed by atoms with Crippen LogP contribution in [0.5, 0.6) is 5.75 Å². The van der Waals surface area contributed by atoms with E-state index in [2.05, 4.69) is 32.0 Å². The summed E-state index contributed by atoms with van der Waals surface area (Å²) in [5.41, 5.74) is 3.25. The van der Waals surface area contributed by atoms with Gasteiger partial charge in [-0.1, -0.05) is 12.1 Å². The second-order valence-electron chi connectivity index (χ2n) is 6.33. The van der Waals surface area contributed by atoms with Crippen LogP contribution < -0.4 is 4.74 Å². The van der Waals surface area contributed by atoms with Gasteiger partial charge in [0.15, 0.2) is 0 Å². The molecule has 1 N–H and O–H groups in total. The van der Waals surface area contributed by atoms with Crippen molar-refractivity contribution in [3.8, 4) is 17.0 Å². The van der Waals surface area contributed by atoms with Gasteiger partial charge in [-0.15, -0.1) is 0 Å². The normalized spacial score (nSPS) is 18.0. The smallest absolute Gasteiger partial charge is 0.126 e. The van der Waals surface area contributed by atoms with Crippen LogP contribution >= 0.6 is 0 Å². The number of pyridine rings is 1. The molecule has 3 heterocycles. The summed E-state index contributed by atoms with van der Waals surface area (Å²) in [5.74, 6) is 1.80. The summed E-state index contributed by atoms with van der Waals surface area (Å²) in [6.07, 6.45) is 5.47. The minimum atomic E-state index is 0.108. The fourth-order valence-electron chi connectivity index (χ4n) is 3.22. The van der Waals surface area contributed by atoms with Crippen molar-refractivity contribution in [1.82, 2.24) is 19.9 Å². The number of nitrogens with one attached hydrogen (secondary N) is 1. The summed E-state index contributed by atoms with van der Waals surface area (Å²) in [4.78, 5) is 14.6. The van der Waals surface area contributed by atoms with Gasteiger partial charge < -0.3 is 14.5 Å². The molecule has 1 atom stereocenters. The largest absolute Gasteiger partial charge is 0.497 e. The van der Waals surface area contributed by atoms with Gasteiger partial charge in [0.25, 0.3) is 0 Å². The molecule has 0 spiro atoms. The monoisotopic (exact) mass is 350 g/mol. The fourth-order valence-corrected chi connectivity index (χ4v) is 3.22. The van der Waals surface area contributed by atoms with E-state index in [1.54, 1.807) is 13.3 Å². The zero-order valence-electron chi connectivity index (χ0n) is 14.8. The minimum absolute atomic E-state index is 0.108. The summed E-state index contributed by atoms with van der Waals surface area (Å²) in [5, 5.41) is 0. The second kappa shape index (κ2) is 7.68. The summed E-state index contributed by atoms with van der Waals surface area (Å²) >= 11 is 0. The third-order valence-corrected chi connectivity index (χ3v) is 4.67. The van der Waals surface area contributed by atoms with Gasteiger partial charge in [0.2, 0.25) is 0 Å². The number of aromatic nitrogens is 3. The lowest BCUT2D eigenvalue weighted by Crippen LogP contribution is -2.39. The molecule has 1 aliphatic heterocycles. The molecule has 4 rings (SSSR count). The van der Waals surface area contributed by atoms with E-state index in [9.17, 15) is 0 Å². The van der Waals surface area contributed by atoms with E-state index < -0.39 is 0 Å². The molecule has 0 saturated carbocycles. The number of nitrogens with zero attached hydrogens (tertiary/aromatic N) is 3. The maximum absolute atomic E-state index is 5.72. The fraction of sp³-hybridized carbons (Fsp3) is 0.300. The molecule has 6 heteroatoms. The van der Waals surface area contributed by atoms with Gasteiger partial charge in [-0.2, -0.15) is 0 Å². The summed E-state index contributed by atoms with van der Waals surface area (Å²) in [6.45, 7) is 3.10. The Labute approximate surface area is 152 Å². The number of aromatic amines is 1. The lowest BCUT2D eigenvalue weighted by atomic mass is 10.1. The summed E-state index contributed by atoms with van der Waals surface area (Å²) in [6, 6.07) is 12.3. The lowest BCUT2D eigenvalue weighted by molar-refractivity contribution is -0.0156. The molecule has 1 aliphatic rings. The van der Waals surface area contributed by atoms with Crippen molar-refractivity contribution in [2.75, 3.05) is 26.9 Å². The molecule has 1 fully saturated rings. The SMILES string of the molecule is COc1ccc(CN2CCOCC2c2ncc(-c3cccnc3)[nH]2)cc1. The average molecular weight is 350 g/mol. The summed E-state index contributed by atoms with van der Waals surface area (Å²) < 4.78 is 11.0. The zero-order valence-corrected chi connectivity index (χ0v) is 14.8. The van der Waals surface area contributed by atoms with Crippen molar-refractivity contribution in [3.63, 3.8) is 0 Å². The van der Waals surface area contributed by atoms with Crippen molar-refractivity contribution in [1.29, 1.82) is 0 Å². The lowest BCUT2D eigenvalue weighted by Gasteiger charge is -2.34. The molecular weight excluding hydrogens is 328 g/mol. The van der Waals surface area contributed by atoms with Crippen LogP contribution in [0.2, 0.25) is 0 Å². The molecular formula is C20H22N4O2. The van der Waals surface area contributed by atoms with Gasteiger partial charge in [0.1, 0.15) is 11.6 Å². The molecule has 2 aromatic heterocycles. The van der Waals surface area contributed by atoms with Crippen LogP contribution in [0.25, 0.3) is 11.3 Å². The average Bonchev–Trinajstić information content (AvgIpc) is 3.20. The highest BCUT2D eigenvalue weighted by molar-refractivity contribution is 5.56.